The SMILES string of the molecule is CNCC(C)C(C)N(C)Cc1cccc(OC)c1. The lowest BCUT2D eigenvalue weighted by Gasteiger charge is -2.30. The van der Waals surface area contributed by atoms with Crippen LogP contribution in [0.1, 0.15) is 19.4 Å². The van der Waals surface area contributed by atoms with E-state index in [4.69, 9.17) is 4.74 Å². The molecule has 0 bridgehead atoms. The second-order valence-electron chi connectivity index (χ2n) is 5.04. The second kappa shape index (κ2) is 7.39. The summed E-state index contributed by atoms with van der Waals surface area (Å²) in [5.41, 5.74) is 1.29. The van der Waals surface area contributed by atoms with E-state index >= 15 is 0 Å². The van der Waals surface area contributed by atoms with E-state index in [1.165, 1.54) is 5.56 Å². The highest BCUT2D eigenvalue weighted by Gasteiger charge is 2.16. The molecule has 1 rings (SSSR count). The van der Waals surface area contributed by atoms with Crippen LogP contribution in [0, 0.1) is 5.92 Å². The number of benzene rings is 1. The third-order valence-electron chi connectivity index (χ3n) is 3.61. The van der Waals surface area contributed by atoms with E-state index in [1.54, 1.807) is 7.11 Å². The molecule has 102 valence electrons. The lowest BCUT2D eigenvalue weighted by atomic mass is 10.0. The molecule has 0 aliphatic heterocycles. The Morgan fingerprint density at radius 2 is 2.06 bits per heavy atom. The highest BCUT2D eigenvalue weighted by molar-refractivity contribution is 5.28. The molecule has 3 heteroatoms. The Hall–Kier alpha value is -1.06. The zero-order valence-electron chi connectivity index (χ0n) is 12.2. The molecular formula is C15H26N2O. The molecule has 0 aliphatic rings. The molecule has 3 nitrogen and oxygen atoms in total. The zero-order valence-corrected chi connectivity index (χ0v) is 12.2. The van der Waals surface area contributed by atoms with Crippen molar-refractivity contribution in [2.75, 3.05) is 27.7 Å². The Bertz CT molecular complexity index is 354. The molecule has 0 amide bonds. The maximum Gasteiger partial charge on any atom is 0.119 e. The minimum atomic E-state index is 0.545. The summed E-state index contributed by atoms with van der Waals surface area (Å²) < 4.78 is 5.25. The van der Waals surface area contributed by atoms with Gasteiger partial charge in [-0.25, -0.2) is 0 Å². The first kappa shape index (κ1) is 15.0. The van der Waals surface area contributed by atoms with Crippen LogP contribution in [-0.4, -0.2) is 38.7 Å². The molecule has 2 atom stereocenters. The summed E-state index contributed by atoms with van der Waals surface area (Å²) in [7, 11) is 5.89. The van der Waals surface area contributed by atoms with Gasteiger partial charge in [0.1, 0.15) is 5.75 Å². The number of hydrogen-bond donors (Lipinski definition) is 1. The average Bonchev–Trinajstić information content (AvgIpc) is 2.38. The van der Waals surface area contributed by atoms with E-state index in [9.17, 15) is 0 Å². The molecule has 1 aromatic rings. The summed E-state index contributed by atoms with van der Waals surface area (Å²) in [4.78, 5) is 2.39. The largest absolute Gasteiger partial charge is 0.497 e. The van der Waals surface area contributed by atoms with Crippen molar-refractivity contribution >= 4 is 0 Å². The quantitative estimate of drug-likeness (QED) is 0.804. The molecule has 18 heavy (non-hydrogen) atoms. The van der Waals surface area contributed by atoms with Crippen LogP contribution in [0.5, 0.6) is 5.75 Å². The van der Waals surface area contributed by atoms with Crippen LogP contribution >= 0.6 is 0 Å². The number of rotatable bonds is 7. The van der Waals surface area contributed by atoms with E-state index in [0.29, 0.717) is 12.0 Å². The van der Waals surface area contributed by atoms with Gasteiger partial charge in [-0.1, -0.05) is 19.1 Å². The molecule has 0 heterocycles. The van der Waals surface area contributed by atoms with E-state index < -0.39 is 0 Å². The van der Waals surface area contributed by atoms with Crippen LogP contribution < -0.4 is 10.1 Å². The predicted octanol–water partition coefficient (Wildman–Crippen LogP) is 2.37. The van der Waals surface area contributed by atoms with Crippen molar-refractivity contribution in [2.45, 2.75) is 26.4 Å². The van der Waals surface area contributed by atoms with E-state index in [2.05, 4.69) is 43.2 Å². The van der Waals surface area contributed by atoms with E-state index in [1.807, 2.05) is 19.2 Å². The molecular weight excluding hydrogens is 224 g/mol. The van der Waals surface area contributed by atoms with Crippen LogP contribution in [0.15, 0.2) is 24.3 Å². The smallest absolute Gasteiger partial charge is 0.119 e. The summed E-state index contributed by atoms with van der Waals surface area (Å²) in [6.45, 7) is 6.56. The van der Waals surface area contributed by atoms with Crippen LogP contribution in [0.4, 0.5) is 0 Å². The monoisotopic (exact) mass is 250 g/mol. The van der Waals surface area contributed by atoms with E-state index in [0.717, 1.165) is 18.8 Å². The highest BCUT2D eigenvalue weighted by Crippen LogP contribution is 2.16. The number of hydrogen-bond acceptors (Lipinski definition) is 3. The number of nitrogens with one attached hydrogen (secondary N) is 1. The Kier molecular flexibility index (Phi) is 6.16. The Labute approximate surface area is 111 Å². The molecule has 0 radical (unpaired) electrons. The fourth-order valence-corrected chi connectivity index (χ4v) is 2.13. The van der Waals surface area contributed by atoms with Gasteiger partial charge < -0.3 is 10.1 Å². The molecule has 0 aliphatic carbocycles. The first-order valence-electron chi connectivity index (χ1n) is 6.56. The topological polar surface area (TPSA) is 24.5 Å². The molecule has 1 aromatic carbocycles. The van der Waals surface area contributed by atoms with Crippen LogP contribution in [0.25, 0.3) is 0 Å². The summed E-state index contributed by atoms with van der Waals surface area (Å²) in [5, 5.41) is 3.24. The maximum absolute atomic E-state index is 5.25. The van der Waals surface area contributed by atoms with Crippen molar-refractivity contribution < 1.29 is 4.74 Å². The highest BCUT2D eigenvalue weighted by atomic mass is 16.5. The standard InChI is InChI=1S/C15H26N2O/c1-12(10-16-3)13(2)17(4)11-14-7-6-8-15(9-14)18-5/h6-9,12-13,16H,10-11H2,1-5H3. The van der Waals surface area contributed by atoms with Gasteiger partial charge in [0.2, 0.25) is 0 Å². The van der Waals surface area contributed by atoms with Gasteiger partial charge in [-0.3, -0.25) is 4.90 Å². The minimum absolute atomic E-state index is 0.545. The maximum atomic E-state index is 5.25. The minimum Gasteiger partial charge on any atom is -0.497 e. The summed E-state index contributed by atoms with van der Waals surface area (Å²) in [6, 6.07) is 8.82. The van der Waals surface area contributed by atoms with Gasteiger partial charge in [0.05, 0.1) is 7.11 Å². The molecule has 1 N–H and O–H groups in total. The first-order chi connectivity index (χ1) is 8.58. The zero-order chi connectivity index (χ0) is 13.5. The van der Waals surface area contributed by atoms with Crippen LogP contribution in [0.2, 0.25) is 0 Å². The van der Waals surface area contributed by atoms with Gasteiger partial charge in [0, 0.05) is 12.6 Å². The number of nitrogens with zero attached hydrogens (tertiary/aromatic N) is 1. The third kappa shape index (κ3) is 4.31. The third-order valence-corrected chi connectivity index (χ3v) is 3.61. The predicted molar refractivity (Wildman–Crippen MR) is 77.0 cm³/mol. The van der Waals surface area contributed by atoms with Crippen molar-refractivity contribution in [3.63, 3.8) is 0 Å². The molecule has 0 fully saturated rings. The Balaban J connectivity index is 2.59. The average molecular weight is 250 g/mol. The summed E-state index contributed by atoms with van der Waals surface area (Å²) >= 11 is 0. The van der Waals surface area contributed by atoms with Gasteiger partial charge in [-0.05, 0) is 51.2 Å². The lowest BCUT2D eigenvalue weighted by Crippen LogP contribution is -2.37. The van der Waals surface area contributed by atoms with Gasteiger partial charge in [0.25, 0.3) is 0 Å². The van der Waals surface area contributed by atoms with Crippen molar-refractivity contribution in [1.29, 1.82) is 0 Å². The molecule has 0 saturated carbocycles. The van der Waals surface area contributed by atoms with Crippen LogP contribution in [-0.2, 0) is 6.54 Å². The second-order valence-corrected chi connectivity index (χ2v) is 5.04. The number of ether oxygens (including phenoxy) is 1. The first-order valence-corrected chi connectivity index (χ1v) is 6.56. The normalized spacial score (nSPS) is 14.6. The van der Waals surface area contributed by atoms with Crippen molar-refractivity contribution in [3.8, 4) is 5.75 Å². The van der Waals surface area contributed by atoms with Crippen molar-refractivity contribution in [2.24, 2.45) is 5.92 Å². The Morgan fingerprint density at radius 1 is 1.33 bits per heavy atom. The summed E-state index contributed by atoms with van der Waals surface area (Å²) in [6.07, 6.45) is 0. The van der Waals surface area contributed by atoms with Crippen molar-refractivity contribution in [1.82, 2.24) is 10.2 Å². The van der Waals surface area contributed by atoms with Crippen molar-refractivity contribution in [3.05, 3.63) is 29.8 Å². The Morgan fingerprint density at radius 3 is 2.67 bits per heavy atom. The fraction of sp³-hybridized carbons (Fsp3) is 0.600. The summed E-state index contributed by atoms with van der Waals surface area (Å²) in [5.74, 6) is 1.56. The van der Waals surface area contributed by atoms with E-state index in [-0.39, 0.29) is 0 Å². The van der Waals surface area contributed by atoms with Gasteiger partial charge in [-0.2, -0.15) is 0 Å². The van der Waals surface area contributed by atoms with Gasteiger partial charge in [0.15, 0.2) is 0 Å². The van der Waals surface area contributed by atoms with Gasteiger partial charge >= 0.3 is 0 Å². The molecule has 0 aromatic heterocycles. The number of methoxy groups -OCH3 is 1. The molecule has 0 saturated heterocycles. The molecule has 0 spiro atoms. The van der Waals surface area contributed by atoms with Crippen LogP contribution in [0.3, 0.4) is 0 Å². The fourth-order valence-electron chi connectivity index (χ4n) is 2.13. The molecule has 2 unspecified atom stereocenters. The lowest BCUT2D eigenvalue weighted by molar-refractivity contribution is 0.190. The van der Waals surface area contributed by atoms with Gasteiger partial charge in [-0.15, -0.1) is 0 Å².